The number of anilines is 1. The van der Waals surface area contributed by atoms with Crippen molar-refractivity contribution in [2.24, 2.45) is 5.73 Å². The molecule has 0 spiro atoms. The summed E-state index contributed by atoms with van der Waals surface area (Å²) in [5, 5.41) is 2.87. The molecular formula is C14H20N2O3. The van der Waals surface area contributed by atoms with Crippen molar-refractivity contribution in [1.29, 1.82) is 0 Å². The molecule has 2 rings (SSSR count). The fraction of sp³-hybridized carbons (Fsp3) is 0.500. The number of amides is 1. The van der Waals surface area contributed by atoms with Crippen LogP contribution < -0.4 is 15.8 Å². The van der Waals surface area contributed by atoms with Gasteiger partial charge in [0.15, 0.2) is 0 Å². The van der Waals surface area contributed by atoms with Crippen LogP contribution in [0.3, 0.4) is 0 Å². The lowest BCUT2D eigenvalue weighted by Crippen LogP contribution is -2.54. The minimum absolute atomic E-state index is 0.181. The average molecular weight is 264 g/mol. The maximum Gasteiger partial charge on any atom is 0.244 e. The van der Waals surface area contributed by atoms with Gasteiger partial charge in [0.25, 0.3) is 0 Å². The van der Waals surface area contributed by atoms with Crippen LogP contribution in [0, 0.1) is 6.92 Å². The second-order valence-corrected chi connectivity index (χ2v) is 4.93. The van der Waals surface area contributed by atoms with E-state index in [9.17, 15) is 4.79 Å². The summed E-state index contributed by atoms with van der Waals surface area (Å²) >= 11 is 0. The van der Waals surface area contributed by atoms with Gasteiger partial charge in [-0.25, -0.2) is 0 Å². The summed E-state index contributed by atoms with van der Waals surface area (Å²) in [6.07, 6.45) is 1.07. The largest absolute Gasteiger partial charge is 0.495 e. The van der Waals surface area contributed by atoms with E-state index in [-0.39, 0.29) is 5.91 Å². The monoisotopic (exact) mass is 264 g/mol. The van der Waals surface area contributed by atoms with E-state index in [0.717, 1.165) is 5.56 Å². The lowest BCUT2D eigenvalue weighted by Gasteiger charge is -2.32. The lowest BCUT2D eigenvalue weighted by molar-refractivity contribution is -0.124. The summed E-state index contributed by atoms with van der Waals surface area (Å²) in [6, 6.07) is 5.64. The van der Waals surface area contributed by atoms with E-state index >= 15 is 0 Å². The Morgan fingerprint density at radius 1 is 1.42 bits per heavy atom. The molecule has 1 aromatic carbocycles. The van der Waals surface area contributed by atoms with Gasteiger partial charge in [-0.1, -0.05) is 6.07 Å². The van der Waals surface area contributed by atoms with E-state index in [2.05, 4.69) is 5.32 Å². The van der Waals surface area contributed by atoms with E-state index in [1.807, 2.05) is 25.1 Å². The Bertz CT molecular complexity index is 468. The van der Waals surface area contributed by atoms with Crippen LogP contribution in [0.2, 0.25) is 0 Å². The number of nitrogens with two attached hydrogens (primary N) is 1. The van der Waals surface area contributed by atoms with Crippen molar-refractivity contribution in [1.82, 2.24) is 0 Å². The van der Waals surface area contributed by atoms with Gasteiger partial charge in [0.05, 0.1) is 12.8 Å². The van der Waals surface area contributed by atoms with E-state index < -0.39 is 5.54 Å². The van der Waals surface area contributed by atoms with Gasteiger partial charge in [-0.15, -0.1) is 0 Å². The number of benzene rings is 1. The zero-order valence-electron chi connectivity index (χ0n) is 11.4. The average Bonchev–Trinajstić information content (AvgIpc) is 2.40. The number of rotatable bonds is 3. The van der Waals surface area contributed by atoms with E-state index in [4.69, 9.17) is 15.2 Å². The first-order chi connectivity index (χ1) is 9.05. The first-order valence-electron chi connectivity index (χ1n) is 6.38. The molecule has 1 aliphatic rings. The Kier molecular flexibility index (Phi) is 4.07. The van der Waals surface area contributed by atoms with Crippen LogP contribution in [0.25, 0.3) is 0 Å². The predicted octanol–water partition coefficient (Wildman–Crippen LogP) is 1.45. The van der Waals surface area contributed by atoms with Gasteiger partial charge in [0, 0.05) is 13.2 Å². The van der Waals surface area contributed by atoms with E-state index in [1.54, 1.807) is 7.11 Å². The minimum Gasteiger partial charge on any atom is -0.495 e. The van der Waals surface area contributed by atoms with Crippen LogP contribution in [-0.4, -0.2) is 31.8 Å². The number of hydrogen-bond acceptors (Lipinski definition) is 4. The first-order valence-corrected chi connectivity index (χ1v) is 6.38. The normalized spacial score (nSPS) is 17.8. The summed E-state index contributed by atoms with van der Waals surface area (Å²) in [5.74, 6) is 0.453. The van der Waals surface area contributed by atoms with Crippen LogP contribution in [0.5, 0.6) is 5.75 Å². The molecule has 1 aliphatic heterocycles. The number of carbonyl (C=O) groups excluding carboxylic acids is 1. The minimum atomic E-state index is -0.854. The van der Waals surface area contributed by atoms with Crippen LogP contribution in [0.15, 0.2) is 18.2 Å². The Morgan fingerprint density at radius 2 is 2.11 bits per heavy atom. The third-order valence-electron chi connectivity index (χ3n) is 3.44. The van der Waals surface area contributed by atoms with Crippen molar-refractivity contribution in [3.63, 3.8) is 0 Å². The van der Waals surface area contributed by atoms with Crippen molar-refractivity contribution >= 4 is 11.6 Å². The van der Waals surface area contributed by atoms with Crippen LogP contribution in [0.4, 0.5) is 5.69 Å². The highest BCUT2D eigenvalue weighted by Gasteiger charge is 2.36. The zero-order valence-corrected chi connectivity index (χ0v) is 11.4. The highest BCUT2D eigenvalue weighted by atomic mass is 16.5. The number of methoxy groups -OCH3 is 1. The third kappa shape index (κ3) is 3.05. The Labute approximate surface area is 113 Å². The molecule has 0 aromatic heterocycles. The van der Waals surface area contributed by atoms with Crippen LogP contribution in [0.1, 0.15) is 18.4 Å². The van der Waals surface area contributed by atoms with Gasteiger partial charge in [-0.2, -0.15) is 0 Å². The number of aryl methyl sites for hydroxylation is 1. The molecule has 3 N–H and O–H groups in total. The molecule has 1 amide bonds. The van der Waals surface area contributed by atoms with Crippen LogP contribution >= 0.6 is 0 Å². The van der Waals surface area contributed by atoms with Gasteiger partial charge in [0.1, 0.15) is 11.3 Å². The van der Waals surface area contributed by atoms with Crippen molar-refractivity contribution in [3.8, 4) is 5.75 Å². The predicted molar refractivity (Wildman–Crippen MR) is 73.3 cm³/mol. The zero-order chi connectivity index (χ0) is 13.9. The number of carbonyl (C=O) groups is 1. The smallest absolute Gasteiger partial charge is 0.244 e. The Morgan fingerprint density at radius 3 is 2.74 bits per heavy atom. The lowest BCUT2D eigenvalue weighted by atomic mass is 9.90. The summed E-state index contributed by atoms with van der Waals surface area (Å²) in [4.78, 5) is 12.3. The topological polar surface area (TPSA) is 73.6 Å². The number of nitrogens with one attached hydrogen (secondary N) is 1. The van der Waals surface area contributed by atoms with Crippen molar-refractivity contribution in [2.45, 2.75) is 25.3 Å². The van der Waals surface area contributed by atoms with Gasteiger partial charge in [0.2, 0.25) is 5.91 Å². The molecular weight excluding hydrogens is 244 g/mol. The summed E-state index contributed by atoms with van der Waals surface area (Å²) in [6.45, 7) is 3.01. The molecule has 1 saturated heterocycles. The molecule has 0 aliphatic carbocycles. The molecule has 1 aromatic rings. The molecule has 0 saturated carbocycles. The quantitative estimate of drug-likeness (QED) is 0.866. The fourth-order valence-corrected chi connectivity index (χ4v) is 2.13. The molecule has 1 fully saturated rings. The van der Waals surface area contributed by atoms with Crippen molar-refractivity contribution in [3.05, 3.63) is 23.8 Å². The van der Waals surface area contributed by atoms with Gasteiger partial charge < -0.3 is 20.5 Å². The van der Waals surface area contributed by atoms with Crippen molar-refractivity contribution in [2.75, 3.05) is 25.6 Å². The van der Waals surface area contributed by atoms with Crippen LogP contribution in [-0.2, 0) is 9.53 Å². The van der Waals surface area contributed by atoms with E-state index in [1.165, 1.54) is 0 Å². The summed E-state index contributed by atoms with van der Waals surface area (Å²) in [5.41, 5.74) is 7.00. The molecule has 5 nitrogen and oxygen atoms in total. The molecule has 5 heteroatoms. The highest BCUT2D eigenvalue weighted by molar-refractivity contribution is 5.99. The van der Waals surface area contributed by atoms with E-state index in [0.29, 0.717) is 37.5 Å². The standard InChI is InChI=1S/C14H20N2O3/c1-10-3-4-12(18-2)11(9-10)16-13(17)14(15)5-7-19-8-6-14/h3-4,9H,5-8,15H2,1-2H3,(H,16,17). The number of hydrogen-bond donors (Lipinski definition) is 2. The maximum absolute atomic E-state index is 12.3. The highest BCUT2D eigenvalue weighted by Crippen LogP contribution is 2.27. The molecule has 19 heavy (non-hydrogen) atoms. The fourth-order valence-electron chi connectivity index (χ4n) is 2.13. The maximum atomic E-state index is 12.3. The number of ether oxygens (including phenoxy) is 2. The Hall–Kier alpha value is -1.59. The third-order valence-corrected chi connectivity index (χ3v) is 3.44. The Balaban J connectivity index is 2.16. The molecule has 0 radical (unpaired) electrons. The molecule has 0 atom stereocenters. The SMILES string of the molecule is COc1ccc(C)cc1NC(=O)C1(N)CCOCC1. The molecule has 1 heterocycles. The second kappa shape index (κ2) is 5.59. The molecule has 104 valence electrons. The van der Waals surface area contributed by atoms with Gasteiger partial charge >= 0.3 is 0 Å². The van der Waals surface area contributed by atoms with Gasteiger partial charge in [-0.3, -0.25) is 4.79 Å². The summed E-state index contributed by atoms with van der Waals surface area (Å²) in [7, 11) is 1.58. The first kappa shape index (κ1) is 13.8. The molecule has 0 unspecified atom stereocenters. The van der Waals surface area contributed by atoms with Gasteiger partial charge in [-0.05, 0) is 37.5 Å². The molecule has 0 bridgehead atoms. The van der Waals surface area contributed by atoms with Crippen molar-refractivity contribution < 1.29 is 14.3 Å². The second-order valence-electron chi connectivity index (χ2n) is 4.93. The summed E-state index contributed by atoms with van der Waals surface area (Å²) < 4.78 is 10.5.